The maximum Gasteiger partial charge on any atom is 0.253 e. The molecular weight excluding hydrogens is 290 g/mol. The van der Waals surface area contributed by atoms with E-state index < -0.39 is 0 Å². The molecule has 0 unspecified atom stereocenters. The van der Waals surface area contributed by atoms with Gasteiger partial charge in [-0.1, -0.05) is 13.8 Å². The van der Waals surface area contributed by atoms with E-state index in [1.165, 1.54) is 0 Å². The molecule has 122 valence electrons. The van der Waals surface area contributed by atoms with E-state index in [1.807, 2.05) is 29.2 Å². The Hall–Kier alpha value is -1.81. The lowest BCUT2D eigenvalue weighted by Gasteiger charge is -2.56. The van der Waals surface area contributed by atoms with E-state index in [2.05, 4.69) is 13.8 Å². The van der Waals surface area contributed by atoms with Gasteiger partial charge < -0.3 is 14.1 Å². The van der Waals surface area contributed by atoms with Crippen LogP contribution in [0, 0.1) is 16.7 Å². The van der Waals surface area contributed by atoms with E-state index in [0.717, 1.165) is 42.6 Å². The topological polar surface area (TPSA) is 42.7 Å². The number of benzene rings is 1. The molecule has 0 spiro atoms. The summed E-state index contributed by atoms with van der Waals surface area (Å²) in [5.74, 6) is 0.644. The monoisotopic (exact) mass is 313 g/mol. The second-order valence-corrected chi connectivity index (χ2v) is 7.87. The molecule has 2 heterocycles. The lowest BCUT2D eigenvalue weighted by atomic mass is 9.48. The van der Waals surface area contributed by atoms with E-state index >= 15 is 0 Å². The second kappa shape index (κ2) is 4.84. The summed E-state index contributed by atoms with van der Waals surface area (Å²) in [5.41, 5.74) is 2.00. The Kier molecular flexibility index (Phi) is 3.11. The smallest absolute Gasteiger partial charge is 0.253 e. The van der Waals surface area contributed by atoms with Crippen LogP contribution < -0.4 is 0 Å². The molecule has 1 amide bonds. The van der Waals surface area contributed by atoms with E-state index in [1.54, 1.807) is 13.4 Å². The maximum absolute atomic E-state index is 12.9. The first-order valence-corrected chi connectivity index (χ1v) is 8.21. The molecule has 2 aliphatic rings. The first-order chi connectivity index (χ1) is 11.0. The number of furan rings is 1. The molecule has 0 N–H and O–H groups in total. The van der Waals surface area contributed by atoms with Crippen molar-refractivity contribution in [2.45, 2.75) is 20.3 Å². The van der Waals surface area contributed by atoms with Crippen LogP contribution in [0.4, 0.5) is 0 Å². The molecule has 1 aromatic heterocycles. The van der Waals surface area contributed by atoms with Gasteiger partial charge in [-0.3, -0.25) is 4.79 Å². The zero-order valence-electron chi connectivity index (χ0n) is 14.0. The van der Waals surface area contributed by atoms with Crippen molar-refractivity contribution in [1.82, 2.24) is 4.90 Å². The molecule has 23 heavy (non-hydrogen) atoms. The molecule has 4 rings (SSSR count). The Bertz CT molecular complexity index is 763. The molecule has 1 aliphatic carbocycles. The summed E-state index contributed by atoms with van der Waals surface area (Å²) >= 11 is 0. The molecule has 2 aromatic rings. The highest BCUT2D eigenvalue weighted by atomic mass is 16.5. The van der Waals surface area contributed by atoms with Crippen LogP contribution in [0.1, 0.15) is 30.6 Å². The minimum absolute atomic E-state index is 0.119. The predicted molar refractivity (Wildman–Crippen MR) is 88.3 cm³/mol. The Morgan fingerprint density at radius 3 is 2.96 bits per heavy atom. The number of fused-ring (bicyclic) bond motifs is 2. The Labute approximate surface area is 136 Å². The van der Waals surface area contributed by atoms with E-state index in [0.29, 0.717) is 11.3 Å². The average molecular weight is 313 g/mol. The first-order valence-electron chi connectivity index (χ1n) is 8.21. The number of carbonyl (C=O) groups is 1. The lowest BCUT2D eigenvalue weighted by molar-refractivity contribution is -0.107. The van der Waals surface area contributed by atoms with Gasteiger partial charge in [0.2, 0.25) is 0 Å². The summed E-state index contributed by atoms with van der Waals surface area (Å²) in [7, 11) is 1.76. The maximum atomic E-state index is 12.9. The van der Waals surface area contributed by atoms with Crippen molar-refractivity contribution in [3.8, 4) is 0 Å². The summed E-state index contributed by atoms with van der Waals surface area (Å²) < 4.78 is 10.8. The van der Waals surface area contributed by atoms with Crippen LogP contribution in [0.15, 0.2) is 34.9 Å². The minimum Gasteiger partial charge on any atom is -0.464 e. The van der Waals surface area contributed by atoms with Crippen LogP contribution in [0.5, 0.6) is 0 Å². The summed E-state index contributed by atoms with van der Waals surface area (Å²) in [6.07, 6.45) is 2.79. The molecule has 4 nitrogen and oxygen atoms in total. The summed E-state index contributed by atoms with van der Waals surface area (Å²) in [4.78, 5) is 15.0. The van der Waals surface area contributed by atoms with Crippen LogP contribution in [-0.2, 0) is 4.74 Å². The highest BCUT2D eigenvalue weighted by Gasteiger charge is 2.63. The van der Waals surface area contributed by atoms with Crippen molar-refractivity contribution in [3.05, 3.63) is 36.1 Å². The van der Waals surface area contributed by atoms with Gasteiger partial charge in [0.25, 0.3) is 5.91 Å². The molecule has 1 aromatic carbocycles. The molecular formula is C19H23NO3. The molecule has 1 saturated carbocycles. The van der Waals surface area contributed by atoms with Crippen LogP contribution in [0.25, 0.3) is 11.0 Å². The number of hydrogen-bond donors (Lipinski definition) is 0. The highest BCUT2D eigenvalue weighted by Crippen LogP contribution is 2.62. The number of carbonyl (C=O) groups excluding carboxylic acids is 1. The normalized spacial score (nSPS) is 28.7. The summed E-state index contributed by atoms with van der Waals surface area (Å²) in [6, 6.07) is 7.56. The quantitative estimate of drug-likeness (QED) is 0.870. The molecule has 2 atom stereocenters. The zero-order valence-corrected chi connectivity index (χ0v) is 14.0. The largest absolute Gasteiger partial charge is 0.464 e. The van der Waals surface area contributed by atoms with Crippen molar-refractivity contribution >= 4 is 16.9 Å². The van der Waals surface area contributed by atoms with Gasteiger partial charge >= 0.3 is 0 Å². The standard InChI is InChI=1S/C19H23NO3/c1-18(2)10-19(12-22-3)11-20(9-16(18)19)17(21)14-4-5-15-13(8-14)6-7-23-15/h4-8,16H,9-12H2,1-3H3/t16-,19-/m1/s1. The number of hydrogen-bond acceptors (Lipinski definition) is 3. The molecule has 1 saturated heterocycles. The van der Waals surface area contributed by atoms with Crippen LogP contribution in [0.3, 0.4) is 0 Å². The Morgan fingerprint density at radius 1 is 1.39 bits per heavy atom. The Morgan fingerprint density at radius 2 is 2.22 bits per heavy atom. The van der Waals surface area contributed by atoms with Gasteiger partial charge in [-0.25, -0.2) is 0 Å². The van der Waals surface area contributed by atoms with Gasteiger partial charge in [-0.2, -0.15) is 0 Å². The number of rotatable bonds is 3. The number of likely N-dealkylation sites (tertiary alicyclic amines) is 1. The average Bonchev–Trinajstić information content (AvgIpc) is 3.08. The second-order valence-electron chi connectivity index (χ2n) is 7.87. The third-order valence-corrected chi connectivity index (χ3v) is 5.82. The fourth-order valence-electron chi connectivity index (χ4n) is 5.05. The zero-order chi connectivity index (χ0) is 16.2. The van der Waals surface area contributed by atoms with Crippen molar-refractivity contribution in [1.29, 1.82) is 0 Å². The van der Waals surface area contributed by atoms with Crippen LogP contribution >= 0.6 is 0 Å². The lowest BCUT2D eigenvalue weighted by Crippen LogP contribution is -2.55. The molecule has 1 aliphatic heterocycles. The number of ether oxygens (including phenoxy) is 1. The van der Waals surface area contributed by atoms with Gasteiger partial charge in [0.05, 0.1) is 12.9 Å². The Balaban J connectivity index is 1.60. The van der Waals surface area contributed by atoms with E-state index in [-0.39, 0.29) is 11.3 Å². The SMILES string of the molecule is COC[C@@]12CN(C(=O)c3ccc4occc4c3)C[C@@H]1C(C)(C)C2. The van der Waals surface area contributed by atoms with Crippen LogP contribution in [-0.4, -0.2) is 37.6 Å². The fraction of sp³-hybridized carbons (Fsp3) is 0.526. The molecule has 0 bridgehead atoms. The third-order valence-electron chi connectivity index (χ3n) is 5.82. The van der Waals surface area contributed by atoms with Gasteiger partial charge in [0.1, 0.15) is 5.58 Å². The van der Waals surface area contributed by atoms with Gasteiger partial charge in [-0.05, 0) is 42.0 Å². The first kappa shape index (κ1) is 14.8. The van der Waals surface area contributed by atoms with Crippen molar-refractivity contribution in [3.63, 3.8) is 0 Å². The summed E-state index contributed by atoms with van der Waals surface area (Å²) in [6.45, 7) is 6.98. The third kappa shape index (κ3) is 2.12. The number of methoxy groups -OCH3 is 1. The van der Waals surface area contributed by atoms with Crippen molar-refractivity contribution in [2.75, 3.05) is 26.8 Å². The highest BCUT2D eigenvalue weighted by molar-refractivity contribution is 5.98. The van der Waals surface area contributed by atoms with Gasteiger partial charge in [-0.15, -0.1) is 0 Å². The van der Waals surface area contributed by atoms with Gasteiger partial charge in [0.15, 0.2) is 0 Å². The minimum atomic E-state index is 0.119. The van der Waals surface area contributed by atoms with E-state index in [9.17, 15) is 4.79 Å². The van der Waals surface area contributed by atoms with Crippen molar-refractivity contribution < 1.29 is 13.9 Å². The van der Waals surface area contributed by atoms with Crippen molar-refractivity contribution in [2.24, 2.45) is 16.7 Å². The van der Waals surface area contributed by atoms with Crippen LogP contribution in [0.2, 0.25) is 0 Å². The van der Waals surface area contributed by atoms with Gasteiger partial charge in [0, 0.05) is 36.6 Å². The molecule has 2 fully saturated rings. The molecule has 4 heteroatoms. The molecule has 0 radical (unpaired) electrons. The van der Waals surface area contributed by atoms with E-state index in [4.69, 9.17) is 9.15 Å². The summed E-state index contributed by atoms with van der Waals surface area (Å²) in [5, 5.41) is 0.977. The predicted octanol–water partition coefficient (Wildman–Crippen LogP) is 3.57. The fourth-order valence-corrected chi connectivity index (χ4v) is 5.05. The number of nitrogens with zero attached hydrogens (tertiary/aromatic N) is 1. The number of amides is 1.